The van der Waals surface area contributed by atoms with Crippen LogP contribution in [0.4, 0.5) is 17.1 Å². The molecule has 9 nitrogen and oxygen atoms in total. The number of carbonyl (C=O) groups excluding carboxylic acids is 1. The van der Waals surface area contributed by atoms with Crippen LogP contribution in [0.5, 0.6) is 0 Å². The Morgan fingerprint density at radius 3 is 2.39 bits per heavy atom. The highest BCUT2D eigenvalue weighted by atomic mass is 32.2. The van der Waals surface area contributed by atoms with Crippen molar-refractivity contribution in [2.45, 2.75) is 26.9 Å². The zero-order valence-corrected chi connectivity index (χ0v) is 20.0. The number of hydrazone groups is 1. The van der Waals surface area contributed by atoms with E-state index in [0.29, 0.717) is 17.9 Å². The van der Waals surface area contributed by atoms with Crippen LogP contribution in [-0.2, 0) is 14.9 Å². The number of aliphatic imine (C=N–C) groups is 1. The molecule has 0 radical (unpaired) electrons. The predicted molar refractivity (Wildman–Crippen MR) is 129 cm³/mol. The number of hydrogen-bond donors (Lipinski definition) is 2. The molecule has 10 heteroatoms. The first-order valence-corrected chi connectivity index (χ1v) is 12.2. The van der Waals surface area contributed by atoms with Gasteiger partial charge < -0.3 is 10.0 Å². The summed E-state index contributed by atoms with van der Waals surface area (Å²) in [5, 5.41) is 11.6. The molecule has 0 aromatic heterocycles. The van der Waals surface area contributed by atoms with E-state index in [1.807, 2.05) is 75.2 Å². The Balaban J connectivity index is 1.86. The van der Waals surface area contributed by atoms with Crippen LogP contribution < -0.4 is 9.91 Å². The van der Waals surface area contributed by atoms with Crippen LogP contribution >= 0.6 is 0 Å². The van der Waals surface area contributed by atoms with Crippen LogP contribution in [0.1, 0.15) is 19.4 Å². The zero-order chi connectivity index (χ0) is 24.3. The highest BCUT2D eigenvalue weighted by molar-refractivity contribution is 7.85. The first-order chi connectivity index (χ1) is 15.5. The molecule has 0 fully saturated rings. The quantitative estimate of drug-likeness (QED) is 0.449. The van der Waals surface area contributed by atoms with Crippen LogP contribution in [0.15, 0.2) is 53.5 Å². The minimum Gasteiger partial charge on any atom is -0.390 e. The van der Waals surface area contributed by atoms with Crippen LogP contribution in [0.3, 0.4) is 0 Å². The lowest BCUT2D eigenvalue weighted by atomic mass is 10.1. The van der Waals surface area contributed by atoms with E-state index in [2.05, 4.69) is 4.99 Å². The van der Waals surface area contributed by atoms with Gasteiger partial charge in [-0.25, -0.2) is 4.99 Å². The molecular weight excluding hydrogens is 444 g/mol. The van der Waals surface area contributed by atoms with Gasteiger partial charge in [0, 0.05) is 25.7 Å². The Bertz CT molecular complexity index is 1210. The lowest BCUT2D eigenvalue weighted by molar-refractivity contribution is -0.495. The maximum atomic E-state index is 13.1. The molecule has 2 N–H and O–H groups in total. The molecule has 1 heterocycles. The number of nitrogens with zero attached hydrogens (tertiary/aromatic N) is 4. The predicted octanol–water partition coefficient (Wildman–Crippen LogP) is 2.21. The van der Waals surface area contributed by atoms with Crippen molar-refractivity contribution in [1.29, 1.82) is 0 Å². The van der Waals surface area contributed by atoms with Crippen molar-refractivity contribution in [2.75, 3.05) is 35.8 Å². The minimum absolute atomic E-state index is 0.0474. The Kier molecular flexibility index (Phi) is 7.31. The molecular formula is C23H29N4O5S+. The topological polar surface area (TPSA) is 114 Å². The summed E-state index contributed by atoms with van der Waals surface area (Å²) in [6.07, 6.45) is -1.23. The summed E-state index contributed by atoms with van der Waals surface area (Å²) in [6, 6.07) is 14.8. The van der Waals surface area contributed by atoms with Gasteiger partial charge in [0.15, 0.2) is 7.05 Å². The Labute approximate surface area is 194 Å². The number of rotatable bonds is 8. The molecule has 2 aromatic carbocycles. The third-order valence-corrected chi connectivity index (χ3v) is 6.32. The maximum absolute atomic E-state index is 13.1. The van der Waals surface area contributed by atoms with E-state index in [-0.39, 0.29) is 12.5 Å². The van der Waals surface area contributed by atoms with Crippen LogP contribution in [0.2, 0.25) is 0 Å². The van der Waals surface area contributed by atoms with Crippen molar-refractivity contribution in [3.63, 3.8) is 0 Å². The molecule has 1 unspecified atom stereocenters. The minimum atomic E-state index is -4.26. The molecule has 1 aliphatic rings. The molecule has 1 aliphatic heterocycles. The van der Waals surface area contributed by atoms with Gasteiger partial charge in [-0.2, -0.15) is 8.42 Å². The zero-order valence-electron chi connectivity index (χ0n) is 19.1. The summed E-state index contributed by atoms with van der Waals surface area (Å²) in [7, 11) is -2.45. The second-order valence-electron chi connectivity index (χ2n) is 7.93. The summed E-state index contributed by atoms with van der Waals surface area (Å²) in [4.78, 5) is 19.6. The van der Waals surface area contributed by atoms with E-state index in [1.165, 1.54) is 0 Å². The van der Waals surface area contributed by atoms with Gasteiger partial charge in [-0.05, 0) is 49.7 Å². The number of anilines is 2. The van der Waals surface area contributed by atoms with Gasteiger partial charge in [-0.3, -0.25) is 9.35 Å². The Morgan fingerprint density at radius 2 is 1.82 bits per heavy atom. The van der Waals surface area contributed by atoms with Crippen molar-refractivity contribution < 1.29 is 27.6 Å². The Hall–Kier alpha value is -3.08. The molecule has 176 valence electrons. The second kappa shape index (κ2) is 9.82. The van der Waals surface area contributed by atoms with Crippen LogP contribution in [-0.4, -0.2) is 72.1 Å². The number of aliphatic hydroxyl groups is 1. The fraction of sp³-hybridized carbons (Fsp3) is 0.348. The Morgan fingerprint density at radius 1 is 1.15 bits per heavy atom. The third-order valence-electron chi connectivity index (χ3n) is 5.52. The van der Waals surface area contributed by atoms with Crippen molar-refractivity contribution in [3.8, 4) is 0 Å². The number of likely N-dealkylation sites (N-methyl/N-ethyl adjacent to an activating group) is 1. The first-order valence-electron chi connectivity index (χ1n) is 10.6. The largest absolute Gasteiger partial charge is 0.390 e. The molecule has 1 amide bonds. The van der Waals surface area contributed by atoms with Crippen LogP contribution in [0, 0.1) is 6.92 Å². The summed E-state index contributed by atoms with van der Waals surface area (Å²) in [6.45, 7) is 6.18. The van der Waals surface area contributed by atoms with E-state index in [1.54, 1.807) is 15.8 Å². The number of aryl methyl sites for hydroxylation is 1. The number of hydrazine groups is 1. The maximum Gasteiger partial charge on any atom is 0.338 e. The second-order valence-corrected chi connectivity index (χ2v) is 9.43. The fourth-order valence-corrected chi connectivity index (χ4v) is 4.32. The smallest absolute Gasteiger partial charge is 0.338 e. The van der Waals surface area contributed by atoms with Gasteiger partial charge >= 0.3 is 5.91 Å². The SMILES string of the molecule is CCN(CC(O)CS(=O)(=O)O)c1ccc(N=C2C(=O)N(c3ccccc3)[N+](C)=C2C)c(C)c1. The highest BCUT2D eigenvalue weighted by Crippen LogP contribution is 2.27. The normalized spacial score (nSPS) is 16.6. The average Bonchev–Trinajstić information content (AvgIpc) is 2.95. The van der Waals surface area contributed by atoms with E-state index in [9.17, 15) is 18.3 Å². The van der Waals surface area contributed by atoms with E-state index >= 15 is 0 Å². The molecule has 0 bridgehead atoms. The monoisotopic (exact) mass is 473 g/mol. The number of carbonyl (C=O) groups is 1. The van der Waals surface area contributed by atoms with E-state index in [4.69, 9.17) is 4.55 Å². The average molecular weight is 474 g/mol. The summed E-state index contributed by atoms with van der Waals surface area (Å²) in [5.41, 5.74) is 4.07. The summed E-state index contributed by atoms with van der Waals surface area (Å²) >= 11 is 0. The van der Waals surface area contributed by atoms with Crippen molar-refractivity contribution in [3.05, 3.63) is 54.1 Å². The van der Waals surface area contributed by atoms with Gasteiger partial charge in [0.25, 0.3) is 10.1 Å². The van der Waals surface area contributed by atoms with Gasteiger partial charge in [-0.15, -0.1) is 4.68 Å². The molecule has 2 aromatic rings. The number of aliphatic hydroxyl groups excluding tert-OH is 1. The number of para-hydroxylation sites is 1. The third kappa shape index (κ3) is 5.65. The number of benzene rings is 2. The van der Waals surface area contributed by atoms with Crippen molar-refractivity contribution in [2.24, 2.45) is 4.99 Å². The van der Waals surface area contributed by atoms with Gasteiger partial charge in [0.2, 0.25) is 11.4 Å². The fourth-order valence-electron chi connectivity index (χ4n) is 3.73. The highest BCUT2D eigenvalue weighted by Gasteiger charge is 2.41. The summed E-state index contributed by atoms with van der Waals surface area (Å²) in [5.74, 6) is -0.940. The lowest BCUT2D eigenvalue weighted by Crippen LogP contribution is -2.36. The molecule has 0 saturated carbocycles. The molecule has 0 spiro atoms. The van der Waals surface area contributed by atoms with Gasteiger partial charge in [0.05, 0.1) is 11.8 Å². The number of amides is 1. The van der Waals surface area contributed by atoms with E-state index in [0.717, 1.165) is 22.6 Å². The molecule has 3 rings (SSSR count). The lowest BCUT2D eigenvalue weighted by Gasteiger charge is -2.26. The van der Waals surface area contributed by atoms with Crippen LogP contribution in [0.25, 0.3) is 0 Å². The molecule has 33 heavy (non-hydrogen) atoms. The standard InChI is InChI=1S/C23H28N4O5S/c1-5-26(14-20(28)15-33(30,31)32)19-11-12-21(16(2)13-19)24-22-17(3)25(4)27(23(22)29)18-9-7-6-8-10-18/h6-13,20,28H,5,14-15H2,1-4H3/p+1. The van der Waals surface area contributed by atoms with Crippen molar-refractivity contribution >= 4 is 44.5 Å². The molecule has 0 aliphatic carbocycles. The number of hydrogen-bond acceptors (Lipinski definition) is 6. The summed E-state index contributed by atoms with van der Waals surface area (Å²) < 4.78 is 32.8. The van der Waals surface area contributed by atoms with Gasteiger partial charge in [-0.1, -0.05) is 23.2 Å². The first kappa shape index (κ1) is 24.6. The van der Waals surface area contributed by atoms with Crippen molar-refractivity contribution in [1.82, 2.24) is 0 Å². The van der Waals surface area contributed by atoms with Gasteiger partial charge in [0.1, 0.15) is 11.4 Å². The molecule has 1 atom stereocenters. The molecule has 0 saturated heterocycles. The van der Waals surface area contributed by atoms with E-state index < -0.39 is 22.0 Å².